The van der Waals surface area contributed by atoms with E-state index in [4.69, 9.17) is 4.74 Å². The van der Waals surface area contributed by atoms with Crippen LogP contribution in [0.4, 0.5) is 4.39 Å². The summed E-state index contributed by atoms with van der Waals surface area (Å²) in [6.45, 7) is 1.93. The van der Waals surface area contributed by atoms with Crippen molar-refractivity contribution in [2.45, 2.75) is 13.5 Å². The van der Waals surface area contributed by atoms with Gasteiger partial charge in [0, 0.05) is 5.56 Å². The fourth-order valence-corrected chi connectivity index (χ4v) is 2.56. The van der Waals surface area contributed by atoms with Gasteiger partial charge in [-0.25, -0.2) is 4.39 Å². The van der Waals surface area contributed by atoms with E-state index in [9.17, 15) is 9.18 Å². The van der Waals surface area contributed by atoms with E-state index in [1.807, 2.05) is 54.6 Å². The highest BCUT2D eigenvalue weighted by Gasteiger charge is 2.11. The maximum absolute atomic E-state index is 13.6. The van der Waals surface area contributed by atoms with Crippen molar-refractivity contribution in [1.82, 2.24) is 0 Å². The molecule has 120 valence electrons. The Labute approximate surface area is 140 Å². The first-order valence-corrected chi connectivity index (χ1v) is 7.71. The lowest BCUT2D eigenvalue weighted by molar-refractivity contribution is 0.101. The number of ketones is 1. The van der Waals surface area contributed by atoms with Gasteiger partial charge in [-0.2, -0.15) is 0 Å². The summed E-state index contributed by atoms with van der Waals surface area (Å²) < 4.78 is 19.4. The van der Waals surface area contributed by atoms with Crippen molar-refractivity contribution in [3.05, 3.63) is 89.7 Å². The van der Waals surface area contributed by atoms with Gasteiger partial charge in [0.15, 0.2) is 5.78 Å². The van der Waals surface area contributed by atoms with Crippen LogP contribution in [0.25, 0.3) is 11.1 Å². The second kappa shape index (κ2) is 7.09. The summed E-state index contributed by atoms with van der Waals surface area (Å²) in [5.41, 5.74) is 2.90. The Morgan fingerprint density at radius 1 is 0.958 bits per heavy atom. The number of hydrogen-bond acceptors (Lipinski definition) is 2. The highest BCUT2D eigenvalue weighted by atomic mass is 19.1. The summed E-state index contributed by atoms with van der Waals surface area (Å²) in [6, 6.07) is 21.4. The number of carbonyl (C=O) groups excluding carboxylic acids is 1. The zero-order valence-electron chi connectivity index (χ0n) is 13.3. The topological polar surface area (TPSA) is 26.3 Å². The van der Waals surface area contributed by atoms with Crippen molar-refractivity contribution in [3.8, 4) is 16.9 Å². The molecule has 0 aliphatic carbocycles. The Bertz CT molecular complexity index is 857. The van der Waals surface area contributed by atoms with Crippen LogP contribution in [0.5, 0.6) is 5.75 Å². The van der Waals surface area contributed by atoms with Crippen LogP contribution in [-0.4, -0.2) is 5.78 Å². The van der Waals surface area contributed by atoms with Gasteiger partial charge in [0.1, 0.15) is 18.2 Å². The van der Waals surface area contributed by atoms with Crippen molar-refractivity contribution < 1.29 is 13.9 Å². The van der Waals surface area contributed by atoms with Gasteiger partial charge in [0.05, 0.1) is 0 Å². The van der Waals surface area contributed by atoms with Crippen molar-refractivity contribution in [1.29, 1.82) is 0 Å². The number of carbonyl (C=O) groups is 1. The van der Waals surface area contributed by atoms with Crippen molar-refractivity contribution in [2.24, 2.45) is 0 Å². The smallest absolute Gasteiger partial charge is 0.160 e. The number of benzene rings is 3. The van der Waals surface area contributed by atoms with E-state index in [0.717, 1.165) is 11.1 Å². The third kappa shape index (κ3) is 3.69. The monoisotopic (exact) mass is 320 g/mol. The first-order chi connectivity index (χ1) is 11.6. The van der Waals surface area contributed by atoms with Gasteiger partial charge in [0.2, 0.25) is 0 Å². The molecule has 0 aliphatic rings. The zero-order valence-corrected chi connectivity index (χ0v) is 13.3. The minimum absolute atomic E-state index is 0.0967. The largest absolute Gasteiger partial charge is 0.489 e. The average molecular weight is 320 g/mol. The summed E-state index contributed by atoms with van der Waals surface area (Å²) >= 11 is 0. The maximum atomic E-state index is 13.6. The van der Waals surface area contributed by atoms with Gasteiger partial charge in [0.25, 0.3) is 0 Å². The molecule has 0 bridgehead atoms. The van der Waals surface area contributed by atoms with Crippen LogP contribution in [0.2, 0.25) is 0 Å². The van der Waals surface area contributed by atoms with Crippen molar-refractivity contribution >= 4 is 5.78 Å². The van der Waals surface area contributed by atoms with Crippen molar-refractivity contribution in [2.75, 3.05) is 0 Å². The molecule has 0 amide bonds. The fourth-order valence-electron chi connectivity index (χ4n) is 2.56. The Morgan fingerprint density at radius 2 is 1.75 bits per heavy atom. The SMILES string of the molecule is CC(=O)c1ccc(F)cc1-c1cccc(OCc2ccccc2)c1. The van der Waals surface area contributed by atoms with E-state index in [1.165, 1.54) is 25.1 Å². The molecule has 24 heavy (non-hydrogen) atoms. The van der Waals surface area contributed by atoms with Crippen LogP contribution in [-0.2, 0) is 6.61 Å². The first-order valence-electron chi connectivity index (χ1n) is 7.71. The molecule has 2 nitrogen and oxygen atoms in total. The Hall–Kier alpha value is -2.94. The average Bonchev–Trinajstić information content (AvgIpc) is 2.61. The summed E-state index contributed by atoms with van der Waals surface area (Å²) in [4.78, 5) is 11.8. The van der Waals surface area contributed by atoms with E-state index in [-0.39, 0.29) is 11.6 Å². The second-order valence-electron chi connectivity index (χ2n) is 5.55. The molecule has 0 aromatic heterocycles. The molecule has 0 spiro atoms. The first kappa shape index (κ1) is 15.9. The standard InChI is InChI=1S/C21H17FO2/c1-15(23)20-11-10-18(22)13-21(20)17-8-5-9-19(12-17)24-14-16-6-3-2-4-7-16/h2-13H,14H2,1H3. The second-order valence-corrected chi connectivity index (χ2v) is 5.55. The summed E-state index contributed by atoms with van der Waals surface area (Å²) in [6.07, 6.45) is 0. The third-order valence-corrected chi connectivity index (χ3v) is 3.75. The maximum Gasteiger partial charge on any atom is 0.160 e. The number of Topliss-reactive ketones (excluding diaryl/α,β-unsaturated/α-hetero) is 1. The molecule has 3 aromatic carbocycles. The number of hydrogen-bond donors (Lipinski definition) is 0. The Balaban J connectivity index is 1.88. The molecule has 0 atom stereocenters. The van der Waals surface area contributed by atoms with E-state index in [0.29, 0.717) is 23.5 Å². The number of ether oxygens (including phenoxy) is 1. The molecule has 0 fully saturated rings. The molecule has 3 rings (SSSR count). The molecular formula is C21H17FO2. The molecule has 0 radical (unpaired) electrons. The molecule has 0 heterocycles. The lowest BCUT2D eigenvalue weighted by atomic mass is 9.97. The Kier molecular flexibility index (Phi) is 4.71. The molecule has 0 unspecified atom stereocenters. The zero-order chi connectivity index (χ0) is 16.9. The fraction of sp³-hybridized carbons (Fsp3) is 0.0952. The number of halogens is 1. The highest BCUT2D eigenvalue weighted by molar-refractivity contribution is 6.00. The van der Waals surface area contributed by atoms with Gasteiger partial charge in [-0.1, -0.05) is 42.5 Å². The third-order valence-electron chi connectivity index (χ3n) is 3.75. The van der Waals surface area contributed by atoms with E-state index in [2.05, 4.69) is 0 Å². The lowest BCUT2D eigenvalue weighted by Gasteiger charge is -2.11. The quantitative estimate of drug-likeness (QED) is 0.598. The van der Waals surface area contributed by atoms with Gasteiger partial charge in [-0.3, -0.25) is 4.79 Å². The van der Waals surface area contributed by atoms with Gasteiger partial charge in [-0.15, -0.1) is 0 Å². The predicted molar refractivity (Wildman–Crippen MR) is 92.6 cm³/mol. The van der Waals surface area contributed by atoms with E-state index < -0.39 is 0 Å². The molecule has 0 aliphatic heterocycles. The summed E-state index contributed by atoms with van der Waals surface area (Å²) in [7, 11) is 0. The van der Waals surface area contributed by atoms with Crippen molar-refractivity contribution in [3.63, 3.8) is 0 Å². The highest BCUT2D eigenvalue weighted by Crippen LogP contribution is 2.28. The normalized spacial score (nSPS) is 10.4. The minimum atomic E-state index is -0.370. The van der Waals surface area contributed by atoms with Gasteiger partial charge >= 0.3 is 0 Å². The lowest BCUT2D eigenvalue weighted by Crippen LogP contribution is -1.98. The van der Waals surface area contributed by atoms with Crippen LogP contribution in [0.1, 0.15) is 22.8 Å². The molecule has 0 saturated carbocycles. The van der Waals surface area contributed by atoms with Crippen LogP contribution in [0.15, 0.2) is 72.8 Å². The minimum Gasteiger partial charge on any atom is -0.489 e. The van der Waals surface area contributed by atoms with Gasteiger partial charge < -0.3 is 4.74 Å². The molecule has 3 heteroatoms. The molecule has 3 aromatic rings. The summed E-state index contributed by atoms with van der Waals surface area (Å²) in [5.74, 6) is 0.210. The van der Waals surface area contributed by atoms with Gasteiger partial charge in [-0.05, 0) is 53.9 Å². The van der Waals surface area contributed by atoms with Crippen LogP contribution >= 0.6 is 0 Å². The molecule has 0 saturated heterocycles. The summed E-state index contributed by atoms with van der Waals surface area (Å²) in [5, 5.41) is 0. The molecular weight excluding hydrogens is 303 g/mol. The predicted octanol–water partition coefficient (Wildman–Crippen LogP) is 5.27. The van der Waals surface area contributed by atoms with Crippen LogP contribution in [0, 0.1) is 5.82 Å². The van der Waals surface area contributed by atoms with E-state index in [1.54, 1.807) is 0 Å². The van der Waals surface area contributed by atoms with E-state index >= 15 is 0 Å². The number of rotatable bonds is 5. The van der Waals surface area contributed by atoms with Crippen LogP contribution < -0.4 is 4.74 Å². The van der Waals surface area contributed by atoms with Crippen LogP contribution in [0.3, 0.4) is 0 Å². The molecule has 0 N–H and O–H groups in total. The Morgan fingerprint density at radius 3 is 2.50 bits per heavy atom.